The molecule has 112 valence electrons. The molecule has 0 bridgehead atoms. The van der Waals surface area contributed by atoms with E-state index in [4.69, 9.17) is 0 Å². The number of rotatable bonds is 3. The van der Waals surface area contributed by atoms with Crippen LogP contribution in [-0.2, 0) is 4.79 Å². The third-order valence-electron chi connectivity index (χ3n) is 3.51. The lowest BCUT2D eigenvalue weighted by atomic mass is 9.99. The van der Waals surface area contributed by atoms with Crippen molar-refractivity contribution in [3.8, 4) is 0 Å². The first-order valence-corrected chi connectivity index (χ1v) is 7.02. The van der Waals surface area contributed by atoms with Crippen molar-refractivity contribution in [3.05, 3.63) is 29.8 Å². The Morgan fingerprint density at radius 3 is 2.76 bits per heavy atom. The highest BCUT2D eigenvalue weighted by Gasteiger charge is 2.29. The fraction of sp³-hybridized carbons (Fsp3) is 0.400. The molecule has 1 aliphatic heterocycles. The number of carbonyl (C=O) groups excluding carboxylic acids is 3. The van der Waals surface area contributed by atoms with E-state index in [1.165, 1.54) is 0 Å². The van der Waals surface area contributed by atoms with Crippen LogP contribution in [-0.4, -0.2) is 36.9 Å². The molecule has 1 aromatic rings. The standard InChI is InChI=1S/C15H19N3O3/c1-3-16-15(21)17-14(20)10(2)18-9-8-13(19)11-6-4-5-7-12(11)18/h4-7,10H,3,8-9H2,1-2H3,(H2,16,17,20,21). The highest BCUT2D eigenvalue weighted by atomic mass is 16.2. The Labute approximate surface area is 123 Å². The van der Waals surface area contributed by atoms with Gasteiger partial charge in [0, 0.05) is 30.8 Å². The van der Waals surface area contributed by atoms with Gasteiger partial charge >= 0.3 is 6.03 Å². The van der Waals surface area contributed by atoms with Gasteiger partial charge in [-0.1, -0.05) is 12.1 Å². The largest absolute Gasteiger partial charge is 0.359 e. The summed E-state index contributed by atoms with van der Waals surface area (Å²) in [6.45, 7) is 4.43. The van der Waals surface area contributed by atoms with Crippen LogP contribution in [0.5, 0.6) is 0 Å². The predicted molar refractivity (Wildman–Crippen MR) is 79.4 cm³/mol. The Morgan fingerprint density at radius 2 is 2.05 bits per heavy atom. The smallest absolute Gasteiger partial charge is 0.321 e. The summed E-state index contributed by atoms with van der Waals surface area (Å²) >= 11 is 0. The van der Waals surface area contributed by atoms with Crippen LogP contribution < -0.4 is 15.5 Å². The van der Waals surface area contributed by atoms with E-state index >= 15 is 0 Å². The van der Waals surface area contributed by atoms with E-state index in [0.717, 1.165) is 5.69 Å². The Morgan fingerprint density at radius 1 is 1.33 bits per heavy atom. The minimum absolute atomic E-state index is 0.0817. The molecule has 0 radical (unpaired) electrons. The van der Waals surface area contributed by atoms with Crippen LogP contribution in [0.4, 0.5) is 10.5 Å². The molecule has 1 atom stereocenters. The number of hydrogen-bond acceptors (Lipinski definition) is 4. The summed E-state index contributed by atoms with van der Waals surface area (Å²) < 4.78 is 0. The monoisotopic (exact) mass is 289 g/mol. The third kappa shape index (κ3) is 3.21. The van der Waals surface area contributed by atoms with E-state index < -0.39 is 12.1 Å². The average molecular weight is 289 g/mol. The zero-order chi connectivity index (χ0) is 15.4. The molecule has 1 unspecified atom stereocenters. The van der Waals surface area contributed by atoms with Gasteiger partial charge in [0.25, 0.3) is 0 Å². The summed E-state index contributed by atoms with van der Waals surface area (Å²) in [6.07, 6.45) is 0.371. The van der Waals surface area contributed by atoms with Crippen molar-refractivity contribution in [2.24, 2.45) is 0 Å². The quantitative estimate of drug-likeness (QED) is 0.879. The van der Waals surface area contributed by atoms with Crippen molar-refractivity contribution in [3.63, 3.8) is 0 Å². The van der Waals surface area contributed by atoms with Gasteiger partial charge in [0.15, 0.2) is 5.78 Å². The molecule has 21 heavy (non-hydrogen) atoms. The lowest BCUT2D eigenvalue weighted by Gasteiger charge is -2.34. The highest BCUT2D eigenvalue weighted by molar-refractivity contribution is 6.05. The number of urea groups is 1. The van der Waals surface area contributed by atoms with Crippen molar-refractivity contribution < 1.29 is 14.4 Å². The molecule has 1 aromatic carbocycles. The molecule has 1 aliphatic rings. The third-order valence-corrected chi connectivity index (χ3v) is 3.51. The molecule has 0 fully saturated rings. The summed E-state index contributed by atoms with van der Waals surface area (Å²) in [6, 6.07) is 6.19. The normalized spacial score (nSPS) is 15.1. The van der Waals surface area contributed by atoms with E-state index in [-0.39, 0.29) is 11.7 Å². The summed E-state index contributed by atoms with van der Waals surface area (Å²) in [4.78, 5) is 37.3. The number of fused-ring (bicyclic) bond motifs is 1. The number of para-hydroxylation sites is 1. The maximum atomic E-state index is 12.1. The van der Waals surface area contributed by atoms with Crippen molar-refractivity contribution in [2.45, 2.75) is 26.3 Å². The van der Waals surface area contributed by atoms with Crippen LogP contribution in [0.1, 0.15) is 30.6 Å². The fourth-order valence-electron chi connectivity index (χ4n) is 2.40. The van der Waals surface area contributed by atoms with E-state index in [0.29, 0.717) is 25.1 Å². The SMILES string of the molecule is CCNC(=O)NC(=O)C(C)N1CCC(=O)c2ccccc21. The highest BCUT2D eigenvalue weighted by Crippen LogP contribution is 2.28. The predicted octanol–water partition coefficient (Wildman–Crippen LogP) is 1.31. The summed E-state index contributed by atoms with van der Waals surface area (Å²) in [5, 5.41) is 4.82. The van der Waals surface area contributed by atoms with E-state index in [1.54, 1.807) is 26.0 Å². The topological polar surface area (TPSA) is 78.5 Å². The molecule has 6 heteroatoms. The van der Waals surface area contributed by atoms with Crippen LogP contribution in [0.3, 0.4) is 0 Å². The van der Waals surface area contributed by atoms with Gasteiger partial charge in [0.1, 0.15) is 6.04 Å². The van der Waals surface area contributed by atoms with Gasteiger partial charge in [-0.05, 0) is 26.0 Å². The number of hydrogen-bond donors (Lipinski definition) is 2. The zero-order valence-electron chi connectivity index (χ0n) is 12.2. The molecule has 0 aliphatic carbocycles. The molecule has 0 spiro atoms. The maximum absolute atomic E-state index is 12.1. The first kappa shape index (κ1) is 15.0. The molecular weight excluding hydrogens is 270 g/mol. The van der Waals surface area contributed by atoms with Gasteiger partial charge in [0.05, 0.1) is 0 Å². The van der Waals surface area contributed by atoms with Crippen LogP contribution in [0.15, 0.2) is 24.3 Å². The van der Waals surface area contributed by atoms with E-state index in [2.05, 4.69) is 10.6 Å². The number of nitrogens with zero attached hydrogens (tertiary/aromatic N) is 1. The van der Waals surface area contributed by atoms with Crippen molar-refractivity contribution in [1.82, 2.24) is 10.6 Å². The summed E-state index contributed by atoms with van der Waals surface area (Å²) in [5.74, 6) is -0.303. The molecular formula is C15H19N3O3. The number of ketones is 1. The van der Waals surface area contributed by atoms with Crippen LogP contribution >= 0.6 is 0 Å². The molecule has 0 aromatic heterocycles. The lowest BCUT2D eigenvalue weighted by Crippen LogP contribution is -2.51. The minimum atomic E-state index is -0.526. The van der Waals surface area contributed by atoms with Crippen molar-refractivity contribution in [1.29, 1.82) is 0 Å². The second-order valence-corrected chi connectivity index (χ2v) is 4.91. The van der Waals surface area contributed by atoms with Crippen LogP contribution in [0, 0.1) is 0 Å². The van der Waals surface area contributed by atoms with Gasteiger partial charge in [-0.3, -0.25) is 14.9 Å². The van der Waals surface area contributed by atoms with Gasteiger partial charge in [-0.2, -0.15) is 0 Å². The first-order chi connectivity index (χ1) is 10.0. The zero-order valence-corrected chi connectivity index (χ0v) is 12.2. The number of benzene rings is 1. The molecule has 0 saturated heterocycles. The fourth-order valence-corrected chi connectivity index (χ4v) is 2.40. The van der Waals surface area contributed by atoms with Crippen LogP contribution in [0.25, 0.3) is 0 Å². The second kappa shape index (κ2) is 6.39. The molecule has 0 saturated carbocycles. The number of anilines is 1. The Bertz CT molecular complexity index is 571. The number of amides is 3. The van der Waals surface area contributed by atoms with E-state index in [9.17, 15) is 14.4 Å². The summed E-state index contributed by atoms with van der Waals surface area (Å²) in [5.41, 5.74) is 1.37. The van der Waals surface area contributed by atoms with E-state index in [1.807, 2.05) is 17.0 Å². The molecule has 3 amide bonds. The number of carbonyl (C=O) groups is 3. The Balaban J connectivity index is 2.15. The number of Topliss-reactive ketones (excluding diaryl/α,β-unsaturated/α-hetero) is 1. The molecule has 2 N–H and O–H groups in total. The lowest BCUT2D eigenvalue weighted by molar-refractivity contribution is -0.121. The maximum Gasteiger partial charge on any atom is 0.321 e. The summed E-state index contributed by atoms with van der Waals surface area (Å²) in [7, 11) is 0. The first-order valence-electron chi connectivity index (χ1n) is 7.02. The number of imide groups is 1. The molecule has 6 nitrogen and oxygen atoms in total. The Kier molecular flexibility index (Phi) is 4.57. The number of nitrogens with one attached hydrogen (secondary N) is 2. The second-order valence-electron chi connectivity index (χ2n) is 4.91. The van der Waals surface area contributed by atoms with Crippen molar-refractivity contribution in [2.75, 3.05) is 18.0 Å². The average Bonchev–Trinajstić information content (AvgIpc) is 2.47. The van der Waals surface area contributed by atoms with Gasteiger partial charge < -0.3 is 10.2 Å². The van der Waals surface area contributed by atoms with Gasteiger partial charge in [0.2, 0.25) is 5.91 Å². The van der Waals surface area contributed by atoms with Gasteiger partial charge in [-0.15, -0.1) is 0 Å². The molecule has 1 heterocycles. The van der Waals surface area contributed by atoms with Crippen molar-refractivity contribution >= 4 is 23.4 Å². The Hall–Kier alpha value is -2.37. The molecule has 2 rings (SSSR count). The minimum Gasteiger partial charge on any atom is -0.359 e. The van der Waals surface area contributed by atoms with Gasteiger partial charge in [-0.25, -0.2) is 4.79 Å². The van der Waals surface area contributed by atoms with Crippen LogP contribution in [0.2, 0.25) is 0 Å².